The highest BCUT2D eigenvalue weighted by Gasteiger charge is 2.34. The van der Waals surface area contributed by atoms with Crippen LogP contribution in [0.2, 0.25) is 0 Å². The molecule has 26 heavy (non-hydrogen) atoms. The molecule has 1 saturated heterocycles. The van der Waals surface area contributed by atoms with E-state index in [9.17, 15) is 4.79 Å². The van der Waals surface area contributed by atoms with Gasteiger partial charge in [0.25, 0.3) is 5.91 Å². The van der Waals surface area contributed by atoms with E-state index < -0.39 is 0 Å². The molecule has 0 aromatic carbocycles. The Morgan fingerprint density at radius 3 is 2.88 bits per heavy atom. The molecule has 3 aromatic heterocycles. The van der Waals surface area contributed by atoms with Gasteiger partial charge in [-0.05, 0) is 25.1 Å². The third kappa shape index (κ3) is 3.05. The zero-order valence-corrected chi connectivity index (χ0v) is 14.8. The van der Waals surface area contributed by atoms with E-state index in [2.05, 4.69) is 16.0 Å². The van der Waals surface area contributed by atoms with Crippen molar-refractivity contribution in [1.82, 2.24) is 19.4 Å². The van der Waals surface area contributed by atoms with E-state index in [4.69, 9.17) is 10.00 Å². The average molecular weight is 365 g/mol. The fourth-order valence-electron chi connectivity index (χ4n) is 2.69. The van der Waals surface area contributed by atoms with Gasteiger partial charge >= 0.3 is 0 Å². The van der Waals surface area contributed by atoms with Gasteiger partial charge in [-0.15, -0.1) is 0 Å². The number of thiazole rings is 1. The molecule has 0 spiro atoms. The van der Waals surface area contributed by atoms with Crippen LogP contribution in [0.15, 0.2) is 42.9 Å². The Hall–Kier alpha value is -3.18. The third-order valence-corrected chi connectivity index (χ3v) is 5.25. The molecule has 7 nitrogen and oxygen atoms in total. The molecule has 0 radical (unpaired) electrons. The van der Waals surface area contributed by atoms with Gasteiger partial charge in [-0.25, -0.2) is 9.97 Å². The molecule has 1 aliphatic rings. The van der Waals surface area contributed by atoms with Gasteiger partial charge < -0.3 is 14.2 Å². The molecule has 1 fully saturated rings. The first-order chi connectivity index (χ1) is 12.6. The predicted molar refractivity (Wildman–Crippen MR) is 95.4 cm³/mol. The molecule has 3 aromatic rings. The monoisotopic (exact) mass is 365 g/mol. The first-order valence-corrected chi connectivity index (χ1v) is 8.88. The summed E-state index contributed by atoms with van der Waals surface area (Å²) in [5.41, 5.74) is 1.23. The maximum Gasteiger partial charge on any atom is 0.266 e. The molecule has 4 heterocycles. The zero-order chi connectivity index (χ0) is 18.1. The molecule has 1 amide bonds. The quantitative estimate of drug-likeness (QED) is 0.709. The number of rotatable bonds is 4. The van der Waals surface area contributed by atoms with Crippen LogP contribution in [-0.4, -0.2) is 44.5 Å². The number of carbonyl (C=O) groups excluding carboxylic acids is 1. The van der Waals surface area contributed by atoms with E-state index in [1.807, 2.05) is 36.0 Å². The van der Waals surface area contributed by atoms with Crippen LogP contribution in [0, 0.1) is 18.3 Å². The van der Waals surface area contributed by atoms with Gasteiger partial charge in [-0.3, -0.25) is 4.79 Å². The molecule has 0 atom stereocenters. The van der Waals surface area contributed by atoms with E-state index in [-0.39, 0.29) is 12.0 Å². The largest absolute Gasteiger partial charge is 0.471 e. The number of hydrogen-bond donors (Lipinski definition) is 0. The average Bonchev–Trinajstić information content (AvgIpc) is 3.27. The van der Waals surface area contributed by atoms with Crippen LogP contribution < -0.4 is 4.74 Å². The molecule has 4 rings (SSSR count). The smallest absolute Gasteiger partial charge is 0.266 e. The number of nitriles is 1. The molecular weight excluding hydrogens is 350 g/mol. The number of hydrogen-bond acceptors (Lipinski definition) is 6. The van der Waals surface area contributed by atoms with Crippen molar-refractivity contribution in [1.29, 1.82) is 5.26 Å². The molecule has 0 unspecified atom stereocenters. The molecule has 0 N–H and O–H groups in total. The lowest BCUT2D eigenvalue weighted by Crippen LogP contribution is -2.56. The molecule has 0 aliphatic carbocycles. The van der Waals surface area contributed by atoms with Crippen LogP contribution in [0.25, 0.3) is 5.13 Å². The van der Waals surface area contributed by atoms with Crippen molar-refractivity contribution in [2.75, 3.05) is 13.1 Å². The number of pyridine rings is 1. The van der Waals surface area contributed by atoms with Crippen molar-refractivity contribution in [2.45, 2.75) is 13.0 Å². The minimum Gasteiger partial charge on any atom is -0.471 e. The lowest BCUT2D eigenvalue weighted by molar-refractivity contribution is 0.0163. The molecular formula is C18H15N5O2S. The number of aromatic nitrogens is 3. The lowest BCUT2D eigenvalue weighted by Gasteiger charge is -2.38. The molecule has 8 heteroatoms. The lowest BCUT2D eigenvalue weighted by atomic mass is 10.1. The highest BCUT2D eigenvalue weighted by atomic mass is 32.1. The van der Waals surface area contributed by atoms with Crippen molar-refractivity contribution in [3.8, 4) is 17.1 Å². The summed E-state index contributed by atoms with van der Waals surface area (Å²) < 4.78 is 7.62. The third-order valence-electron chi connectivity index (χ3n) is 4.09. The summed E-state index contributed by atoms with van der Waals surface area (Å²) in [7, 11) is 0. The minimum atomic E-state index is -0.113. The number of ether oxygens (including phenoxy) is 1. The van der Waals surface area contributed by atoms with Crippen molar-refractivity contribution >= 4 is 17.2 Å². The predicted octanol–water partition coefficient (Wildman–Crippen LogP) is 2.41. The van der Waals surface area contributed by atoms with Crippen molar-refractivity contribution < 1.29 is 9.53 Å². The maximum atomic E-state index is 12.7. The molecule has 0 bridgehead atoms. The van der Waals surface area contributed by atoms with Crippen molar-refractivity contribution in [2.24, 2.45) is 0 Å². The molecule has 1 aliphatic heterocycles. The maximum absolute atomic E-state index is 12.7. The Bertz CT molecular complexity index is 983. The highest BCUT2D eigenvalue weighted by molar-refractivity contribution is 7.16. The van der Waals surface area contributed by atoms with E-state index in [1.54, 1.807) is 23.2 Å². The summed E-state index contributed by atoms with van der Waals surface area (Å²) in [6, 6.07) is 9.12. The van der Waals surface area contributed by atoms with Gasteiger partial charge in [0.15, 0.2) is 5.13 Å². The fraction of sp³-hybridized carbons (Fsp3) is 0.222. The Morgan fingerprint density at radius 2 is 2.15 bits per heavy atom. The van der Waals surface area contributed by atoms with Gasteiger partial charge in [-0.1, -0.05) is 11.3 Å². The van der Waals surface area contributed by atoms with Crippen LogP contribution >= 0.6 is 11.3 Å². The number of nitrogens with zero attached hydrogens (tertiary/aromatic N) is 5. The summed E-state index contributed by atoms with van der Waals surface area (Å²) >= 11 is 1.38. The number of aryl methyl sites for hydroxylation is 1. The van der Waals surface area contributed by atoms with E-state index >= 15 is 0 Å². The summed E-state index contributed by atoms with van der Waals surface area (Å²) in [5, 5.41) is 9.69. The number of carbonyl (C=O) groups is 1. The van der Waals surface area contributed by atoms with Crippen molar-refractivity contribution in [3.63, 3.8) is 0 Å². The molecule has 0 saturated carbocycles. The van der Waals surface area contributed by atoms with Gasteiger partial charge in [0, 0.05) is 24.7 Å². The van der Waals surface area contributed by atoms with Gasteiger partial charge in [-0.2, -0.15) is 5.26 Å². The number of likely N-dealkylation sites (tertiary alicyclic amines) is 1. The van der Waals surface area contributed by atoms with Crippen molar-refractivity contribution in [3.05, 3.63) is 59.0 Å². The Labute approximate surface area is 154 Å². The van der Waals surface area contributed by atoms with Crippen LogP contribution in [0.4, 0.5) is 0 Å². The Morgan fingerprint density at radius 1 is 1.38 bits per heavy atom. The van der Waals surface area contributed by atoms with E-state index in [0.29, 0.717) is 29.4 Å². The SMILES string of the molecule is Cc1nc(-n2cccc2)sc1C(=O)N1CC(Oc2cc(C#N)ccn2)C1. The van der Waals surface area contributed by atoms with Crippen LogP contribution in [-0.2, 0) is 0 Å². The topological polar surface area (TPSA) is 84.0 Å². The Balaban J connectivity index is 1.40. The second-order valence-corrected chi connectivity index (χ2v) is 6.92. The second kappa shape index (κ2) is 6.61. The second-order valence-electron chi connectivity index (χ2n) is 5.95. The van der Waals surface area contributed by atoms with Gasteiger partial charge in [0.1, 0.15) is 11.0 Å². The summed E-state index contributed by atoms with van der Waals surface area (Å²) in [4.78, 5) is 23.7. The fourth-order valence-corrected chi connectivity index (χ4v) is 3.69. The Kier molecular flexibility index (Phi) is 4.14. The van der Waals surface area contributed by atoms with Crippen LogP contribution in [0.5, 0.6) is 5.88 Å². The van der Waals surface area contributed by atoms with Crippen LogP contribution in [0.1, 0.15) is 20.9 Å². The summed E-state index contributed by atoms with van der Waals surface area (Å²) in [6.45, 7) is 2.84. The zero-order valence-electron chi connectivity index (χ0n) is 14.0. The summed E-state index contributed by atoms with van der Waals surface area (Å²) in [6.07, 6.45) is 5.24. The minimum absolute atomic E-state index is 0.0306. The normalized spacial score (nSPS) is 13.9. The number of amides is 1. The van der Waals surface area contributed by atoms with E-state index in [1.165, 1.54) is 11.3 Å². The van der Waals surface area contributed by atoms with Gasteiger partial charge in [0.2, 0.25) is 5.88 Å². The molecule has 130 valence electrons. The highest BCUT2D eigenvalue weighted by Crippen LogP contribution is 2.26. The standard InChI is InChI=1S/C18H15N5O2S/c1-12-16(26-18(21-12)22-6-2-3-7-22)17(24)23-10-14(11-23)25-15-8-13(9-19)4-5-20-15/h2-8,14H,10-11H2,1H3. The first-order valence-electron chi connectivity index (χ1n) is 8.07. The first kappa shape index (κ1) is 16.3. The van der Waals surface area contributed by atoms with Crippen LogP contribution in [0.3, 0.4) is 0 Å². The summed E-state index contributed by atoms with van der Waals surface area (Å²) in [5.74, 6) is 0.377. The van der Waals surface area contributed by atoms with E-state index in [0.717, 1.165) is 10.8 Å². The van der Waals surface area contributed by atoms with Gasteiger partial charge in [0.05, 0.1) is 30.4 Å².